The van der Waals surface area contributed by atoms with Crippen LogP contribution in [0.2, 0.25) is 0 Å². The fourth-order valence-corrected chi connectivity index (χ4v) is 2.25. The number of terminal acetylenes is 1. The van der Waals surface area contributed by atoms with Crippen LogP contribution in [-0.4, -0.2) is 25.5 Å². The summed E-state index contributed by atoms with van der Waals surface area (Å²) in [5, 5.41) is 8.39. The van der Waals surface area contributed by atoms with Crippen LogP contribution in [-0.2, 0) is 7.05 Å². The Balaban J connectivity index is 2.17. The maximum atomic E-state index is 11.7. The van der Waals surface area contributed by atoms with Gasteiger partial charge in [0.1, 0.15) is 0 Å². The Morgan fingerprint density at radius 1 is 1.36 bits per heavy atom. The molecule has 22 heavy (non-hydrogen) atoms. The van der Waals surface area contributed by atoms with Gasteiger partial charge >= 0.3 is 0 Å². The summed E-state index contributed by atoms with van der Waals surface area (Å²) < 4.78 is 3.24. The first kappa shape index (κ1) is 13.6. The quantitative estimate of drug-likeness (QED) is 0.740. The van der Waals surface area contributed by atoms with Crippen molar-refractivity contribution in [1.29, 1.82) is 0 Å². The molecule has 2 heterocycles. The highest BCUT2D eigenvalue weighted by molar-refractivity contribution is 5.97. The minimum atomic E-state index is -0.594. The summed E-state index contributed by atoms with van der Waals surface area (Å²) in [6.07, 6.45) is 8.80. The molecule has 0 aliphatic rings. The molecular formula is C16H13N5O. The first-order valence-corrected chi connectivity index (χ1v) is 6.55. The number of nitrogens with zero attached hydrogens (tertiary/aromatic N) is 4. The van der Waals surface area contributed by atoms with Crippen LogP contribution >= 0.6 is 0 Å². The van der Waals surface area contributed by atoms with E-state index in [-0.39, 0.29) is 5.69 Å². The number of carbonyl (C=O) groups excluding carboxylic acids is 1. The second-order valence-electron chi connectivity index (χ2n) is 4.73. The van der Waals surface area contributed by atoms with Crippen LogP contribution in [0.4, 0.5) is 0 Å². The standard InChI is InChI=1S/C16H13N5O/c1-3-11-5-4-6-12(9-11)21-10-13(15(19-21)16(17)22)14-7-8-18-20(14)2/h1,4-10H,2H3,(H2,17,22). The Morgan fingerprint density at radius 2 is 2.18 bits per heavy atom. The molecule has 3 aromatic rings. The van der Waals surface area contributed by atoms with Crippen LogP contribution in [0.1, 0.15) is 16.1 Å². The Kier molecular flexibility index (Phi) is 3.24. The molecule has 2 aromatic heterocycles. The van der Waals surface area contributed by atoms with Crippen molar-refractivity contribution in [3.8, 4) is 29.3 Å². The SMILES string of the molecule is C#Cc1cccc(-n2cc(-c3ccnn3C)c(C(N)=O)n2)c1. The molecule has 0 aliphatic carbocycles. The first-order valence-electron chi connectivity index (χ1n) is 6.55. The number of nitrogens with two attached hydrogens (primary N) is 1. The van der Waals surface area contributed by atoms with E-state index in [4.69, 9.17) is 12.2 Å². The van der Waals surface area contributed by atoms with Crippen molar-refractivity contribution in [3.05, 3.63) is 54.0 Å². The number of hydrogen-bond donors (Lipinski definition) is 1. The number of carbonyl (C=O) groups is 1. The molecule has 108 valence electrons. The van der Waals surface area contributed by atoms with Gasteiger partial charge < -0.3 is 5.73 Å². The van der Waals surface area contributed by atoms with Gasteiger partial charge in [-0.2, -0.15) is 10.2 Å². The highest BCUT2D eigenvalue weighted by Crippen LogP contribution is 2.23. The van der Waals surface area contributed by atoms with Crippen LogP contribution in [0.3, 0.4) is 0 Å². The molecule has 1 amide bonds. The Hall–Kier alpha value is -3.33. The third-order valence-corrected chi connectivity index (χ3v) is 3.32. The Morgan fingerprint density at radius 3 is 2.82 bits per heavy atom. The van der Waals surface area contributed by atoms with Gasteiger partial charge in [-0.25, -0.2) is 4.68 Å². The van der Waals surface area contributed by atoms with Crippen molar-refractivity contribution >= 4 is 5.91 Å². The monoisotopic (exact) mass is 291 g/mol. The third kappa shape index (κ3) is 2.25. The summed E-state index contributed by atoms with van der Waals surface area (Å²) in [5.41, 5.74) is 8.50. The Bertz CT molecular complexity index is 897. The smallest absolute Gasteiger partial charge is 0.269 e. The van der Waals surface area contributed by atoms with Gasteiger partial charge in [-0.1, -0.05) is 12.0 Å². The molecule has 0 atom stereocenters. The van der Waals surface area contributed by atoms with Crippen molar-refractivity contribution in [1.82, 2.24) is 19.6 Å². The molecule has 0 bridgehead atoms. The lowest BCUT2D eigenvalue weighted by molar-refractivity contribution is 0.0995. The Labute approximate surface area is 127 Å². The maximum absolute atomic E-state index is 11.7. The van der Waals surface area contributed by atoms with Crippen LogP contribution in [0.25, 0.3) is 16.9 Å². The van der Waals surface area contributed by atoms with Crippen molar-refractivity contribution in [2.45, 2.75) is 0 Å². The number of primary amides is 1. The summed E-state index contributed by atoms with van der Waals surface area (Å²) in [6, 6.07) is 9.12. The number of hydrogen-bond acceptors (Lipinski definition) is 3. The maximum Gasteiger partial charge on any atom is 0.269 e. The second-order valence-corrected chi connectivity index (χ2v) is 4.73. The van der Waals surface area contributed by atoms with E-state index in [0.717, 1.165) is 16.9 Å². The molecule has 0 radical (unpaired) electrons. The minimum absolute atomic E-state index is 0.190. The molecule has 6 heteroatoms. The van der Waals surface area contributed by atoms with Crippen molar-refractivity contribution in [2.24, 2.45) is 12.8 Å². The fourth-order valence-electron chi connectivity index (χ4n) is 2.25. The number of rotatable bonds is 3. The third-order valence-electron chi connectivity index (χ3n) is 3.32. The fraction of sp³-hybridized carbons (Fsp3) is 0.0625. The molecule has 0 saturated carbocycles. The van der Waals surface area contributed by atoms with Gasteiger partial charge in [-0.3, -0.25) is 9.48 Å². The summed E-state index contributed by atoms with van der Waals surface area (Å²) in [6.45, 7) is 0. The average Bonchev–Trinajstić information content (AvgIpc) is 3.13. The number of aromatic nitrogens is 4. The van der Waals surface area contributed by atoms with Crippen LogP contribution in [0.15, 0.2) is 42.7 Å². The molecule has 6 nitrogen and oxygen atoms in total. The molecule has 3 rings (SSSR count). The van der Waals surface area contributed by atoms with Crippen molar-refractivity contribution < 1.29 is 4.79 Å². The van der Waals surface area contributed by atoms with Crippen LogP contribution in [0, 0.1) is 12.3 Å². The molecule has 0 aliphatic heterocycles. The lowest BCUT2D eigenvalue weighted by Crippen LogP contribution is -2.14. The molecule has 0 spiro atoms. The predicted octanol–water partition coefficient (Wildman–Crippen LogP) is 1.35. The van der Waals surface area contributed by atoms with Gasteiger partial charge in [0, 0.05) is 25.0 Å². The topological polar surface area (TPSA) is 78.7 Å². The van der Waals surface area contributed by atoms with Gasteiger partial charge in [0.2, 0.25) is 0 Å². The van der Waals surface area contributed by atoms with E-state index in [1.165, 1.54) is 0 Å². The largest absolute Gasteiger partial charge is 0.364 e. The van der Waals surface area contributed by atoms with E-state index in [9.17, 15) is 4.79 Å². The van der Waals surface area contributed by atoms with Crippen molar-refractivity contribution in [2.75, 3.05) is 0 Å². The lowest BCUT2D eigenvalue weighted by Gasteiger charge is -2.01. The number of aryl methyl sites for hydroxylation is 1. The van der Waals surface area contributed by atoms with E-state index in [1.54, 1.807) is 34.9 Å². The van der Waals surface area contributed by atoms with Gasteiger partial charge in [0.15, 0.2) is 5.69 Å². The molecule has 1 aromatic carbocycles. The van der Waals surface area contributed by atoms with Gasteiger partial charge in [-0.05, 0) is 24.3 Å². The summed E-state index contributed by atoms with van der Waals surface area (Å²) in [7, 11) is 1.79. The highest BCUT2D eigenvalue weighted by Gasteiger charge is 2.18. The second kappa shape index (κ2) is 5.22. The van der Waals surface area contributed by atoms with E-state index < -0.39 is 5.91 Å². The molecule has 0 fully saturated rings. The van der Waals surface area contributed by atoms with E-state index in [1.807, 2.05) is 24.3 Å². The van der Waals surface area contributed by atoms with E-state index >= 15 is 0 Å². The normalized spacial score (nSPS) is 10.4. The van der Waals surface area contributed by atoms with Gasteiger partial charge in [0.05, 0.1) is 16.9 Å². The zero-order valence-corrected chi connectivity index (χ0v) is 11.9. The van der Waals surface area contributed by atoms with Gasteiger partial charge in [0.25, 0.3) is 5.91 Å². The zero-order valence-electron chi connectivity index (χ0n) is 11.9. The van der Waals surface area contributed by atoms with Crippen LogP contribution in [0.5, 0.6) is 0 Å². The predicted molar refractivity (Wildman–Crippen MR) is 82.2 cm³/mol. The number of amides is 1. The first-order chi connectivity index (χ1) is 10.6. The summed E-state index contributed by atoms with van der Waals surface area (Å²) >= 11 is 0. The molecule has 2 N–H and O–H groups in total. The molecular weight excluding hydrogens is 278 g/mol. The van der Waals surface area contributed by atoms with E-state index in [0.29, 0.717) is 5.56 Å². The lowest BCUT2D eigenvalue weighted by atomic mass is 10.2. The summed E-state index contributed by atoms with van der Waals surface area (Å²) in [5.74, 6) is 1.98. The van der Waals surface area contributed by atoms with Crippen molar-refractivity contribution in [3.63, 3.8) is 0 Å². The average molecular weight is 291 g/mol. The van der Waals surface area contributed by atoms with Crippen LogP contribution < -0.4 is 5.73 Å². The molecule has 0 unspecified atom stereocenters. The number of benzene rings is 1. The highest BCUT2D eigenvalue weighted by atomic mass is 16.1. The zero-order chi connectivity index (χ0) is 15.7. The summed E-state index contributed by atoms with van der Waals surface area (Å²) in [4.78, 5) is 11.7. The molecule has 0 saturated heterocycles. The minimum Gasteiger partial charge on any atom is -0.364 e. The van der Waals surface area contributed by atoms with Gasteiger partial charge in [-0.15, -0.1) is 6.42 Å². The van der Waals surface area contributed by atoms with E-state index in [2.05, 4.69) is 16.1 Å².